The van der Waals surface area contributed by atoms with E-state index < -0.39 is 0 Å². The lowest BCUT2D eigenvalue weighted by Crippen LogP contribution is -2.60. The van der Waals surface area contributed by atoms with Crippen LogP contribution in [0.15, 0.2) is 30.3 Å². The molecule has 0 atom stereocenters. The van der Waals surface area contributed by atoms with Gasteiger partial charge in [0.2, 0.25) is 0 Å². The van der Waals surface area contributed by atoms with Gasteiger partial charge in [-0.2, -0.15) is 5.26 Å². The molecule has 112 valence electrons. The van der Waals surface area contributed by atoms with Crippen molar-refractivity contribution >= 4 is 5.69 Å². The summed E-state index contributed by atoms with van der Waals surface area (Å²) in [4.78, 5) is 7.19. The minimum Gasteiger partial charge on any atom is -0.369 e. The van der Waals surface area contributed by atoms with E-state index in [1.165, 1.54) is 5.69 Å². The van der Waals surface area contributed by atoms with E-state index in [4.69, 9.17) is 0 Å². The van der Waals surface area contributed by atoms with E-state index >= 15 is 0 Å². The molecule has 4 heteroatoms. The van der Waals surface area contributed by atoms with Gasteiger partial charge in [-0.1, -0.05) is 18.2 Å². The molecule has 0 unspecified atom stereocenters. The van der Waals surface area contributed by atoms with Gasteiger partial charge in [0.15, 0.2) is 0 Å². The predicted molar refractivity (Wildman–Crippen MR) is 85.3 cm³/mol. The molecule has 1 aromatic carbocycles. The molecule has 2 fully saturated rings. The summed E-state index contributed by atoms with van der Waals surface area (Å²) in [5, 5.41) is 9.74. The Balaban J connectivity index is 1.64. The number of anilines is 1. The Kier molecular flexibility index (Phi) is 4.14. The summed E-state index contributed by atoms with van der Waals surface area (Å²) in [6, 6.07) is 13.2. The normalized spacial score (nSPS) is 23.7. The van der Waals surface area contributed by atoms with Gasteiger partial charge in [-0.3, -0.25) is 4.90 Å². The van der Waals surface area contributed by atoms with E-state index in [1.54, 1.807) is 0 Å². The Hall–Kier alpha value is -1.57. The smallest absolute Gasteiger partial charge is 0.111 e. The quantitative estimate of drug-likeness (QED) is 0.829. The van der Waals surface area contributed by atoms with Crippen LogP contribution in [-0.2, 0) is 0 Å². The molecule has 21 heavy (non-hydrogen) atoms. The first-order valence-electron chi connectivity index (χ1n) is 7.88. The fraction of sp³-hybridized carbons (Fsp3) is 0.588. The molecule has 0 N–H and O–H groups in total. The molecular formula is C17H24N4. The van der Waals surface area contributed by atoms with Crippen LogP contribution in [0, 0.1) is 11.3 Å². The van der Waals surface area contributed by atoms with Gasteiger partial charge in [-0.05, 0) is 32.0 Å². The van der Waals surface area contributed by atoms with Crippen molar-refractivity contribution < 1.29 is 0 Å². The van der Waals surface area contributed by atoms with Crippen molar-refractivity contribution in [3.05, 3.63) is 30.3 Å². The fourth-order valence-electron chi connectivity index (χ4n) is 3.52. The number of likely N-dealkylation sites (tertiary alicyclic amines) is 1. The zero-order valence-corrected chi connectivity index (χ0v) is 12.8. The summed E-state index contributed by atoms with van der Waals surface area (Å²) in [7, 11) is 2.15. The van der Waals surface area contributed by atoms with Crippen LogP contribution in [0.5, 0.6) is 0 Å². The molecule has 2 heterocycles. The van der Waals surface area contributed by atoms with Crippen LogP contribution in [0.2, 0.25) is 0 Å². The van der Waals surface area contributed by atoms with Gasteiger partial charge in [0, 0.05) is 45.0 Å². The van der Waals surface area contributed by atoms with Crippen molar-refractivity contribution in [2.24, 2.45) is 0 Å². The molecule has 1 aromatic rings. The SMILES string of the molecule is CN1CCC(C#N)(N2CCN(c3ccccc3)CC2)CC1. The Labute approximate surface area is 127 Å². The van der Waals surface area contributed by atoms with Gasteiger partial charge in [-0.15, -0.1) is 0 Å². The highest BCUT2D eigenvalue weighted by Gasteiger charge is 2.40. The van der Waals surface area contributed by atoms with Gasteiger partial charge in [0.25, 0.3) is 0 Å². The maximum atomic E-state index is 9.74. The molecule has 2 saturated heterocycles. The first-order valence-corrected chi connectivity index (χ1v) is 7.88. The minimum absolute atomic E-state index is 0.227. The summed E-state index contributed by atoms with van der Waals surface area (Å²) in [6.07, 6.45) is 1.96. The maximum absolute atomic E-state index is 9.74. The van der Waals surface area contributed by atoms with Crippen LogP contribution in [0.4, 0.5) is 5.69 Å². The highest BCUT2D eigenvalue weighted by molar-refractivity contribution is 5.46. The standard InChI is InChI=1S/C17H24N4/c1-19-9-7-17(15-18,8-10-19)21-13-11-20(12-14-21)16-5-3-2-4-6-16/h2-6H,7-14H2,1H3. The molecule has 0 radical (unpaired) electrons. The number of hydrogen-bond donors (Lipinski definition) is 0. The summed E-state index contributed by atoms with van der Waals surface area (Å²) in [5.74, 6) is 0. The second kappa shape index (κ2) is 6.05. The number of piperazine rings is 1. The van der Waals surface area contributed by atoms with E-state index in [0.717, 1.165) is 52.1 Å². The summed E-state index contributed by atoms with van der Waals surface area (Å²) in [6.45, 7) is 6.09. The summed E-state index contributed by atoms with van der Waals surface area (Å²) >= 11 is 0. The lowest BCUT2D eigenvalue weighted by atomic mass is 9.86. The highest BCUT2D eigenvalue weighted by Crippen LogP contribution is 2.29. The van der Waals surface area contributed by atoms with Crippen LogP contribution < -0.4 is 4.90 Å². The average Bonchev–Trinajstić information content (AvgIpc) is 2.57. The average molecular weight is 284 g/mol. The van der Waals surface area contributed by atoms with Crippen LogP contribution in [0.3, 0.4) is 0 Å². The number of nitrogens with zero attached hydrogens (tertiary/aromatic N) is 4. The lowest BCUT2D eigenvalue weighted by Gasteiger charge is -2.47. The molecule has 0 aliphatic carbocycles. The monoisotopic (exact) mass is 284 g/mol. The minimum atomic E-state index is -0.227. The second-order valence-corrected chi connectivity index (χ2v) is 6.26. The zero-order valence-electron chi connectivity index (χ0n) is 12.8. The summed E-state index contributed by atoms with van der Waals surface area (Å²) < 4.78 is 0. The topological polar surface area (TPSA) is 33.5 Å². The predicted octanol–water partition coefficient (Wildman–Crippen LogP) is 1.80. The molecular weight excluding hydrogens is 260 g/mol. The van der Waals surface area contributed by atoms with E-state index in [2.05, 4.69) is 58.1 Å². The van der Waals surface area contributed by atoms with Crippen molar-refractivity contribution in [2.75, 3.05) is 51.2 Å². The van der Waals surface area contributed by atoms with Crippen molar-refractivity contribution in [3.63, 3.8) is 0 Å². The molecule has 0 spiro atoms. The Morgan fingerprint density at radius 2 is 1.57 bits per heavy atom. The van der Waals surface area contributed by atoms with Gasteiger partial charge in [0.05, 0.1) is 6.07 Å². The number of benzene rings is 1. The van der Waals surface area contributed by atoms with Crippen LogP contribution in [-0.4, -0.2) is 61.7 Å². The van der Waals surface area contributed by atoms with Crippen LogP contribution in [0.1, 0.15) is 12.8 Å². The van der Waals surface area contributed by atoms with E-state index in [1.807, 2.05) is 0 Å². The lowest BCUT2D eigenvalue weighted by molar-refractivity contribution is 0.0649. The number of piperidine rings is 1. The van der Waals surface area contributed by atoms with Gasteiger partial charge < -0.3 is 9.80 Å². The highest BCUT2D eigenvalue weighted by atomic mass is 15.3. The number of hydrogen-bond acceptors (Lipinski definition) is 4. The maximum Gasteiger partial charge on any atom is 0.111 e. The second-order valence-electron chi connectivity index (χ2n) is 6.26. The molecule has 4 nitrogen and oxygen atoms in total. The largest absolute Gasteiger partial charge is 0.369 e. The van der Waals surface area contributed by atoms with Gasteiger partial charge in [-0.25, -0.2) is 0 Å². The van der Waals surface area contributed by atoms with Gasteiger partial charge >= 0.3 is 0 Å². The van der Waals surface area contributed by atoms with Gasteiger partial charge in [0.1, 0.15) is 5.54 Å². The van der Waals surface area contributed by atoms with Crippen molar-refractivity contribution in [1.29, 1.82) is 5.26 Å². The fourth-order valence-corrected chi connectivity index (χ4v) is 3.52. The third kappa shape index (κ3) is 2.90. The van der Waals surface area contributed by atoms with Crippen molar-refractivity contribution in [2.45, 2.75) is 18.4 Å². The Bertz CT molecular complexity index is 491. The molecule has 0 amide bonds. The Morgan fingerprint density at radius 3 is 2.14 bits per heavy atom. The summed E-state index contributed by atoms with van der Waals surface area (Å²) in [5.41, 5.74) is 1.07. The van der Waals surface area contributed by atoms with Crippen molar-refractivity contribution in [1.82, 2.24) is 9.80 Å². The van der Waals surface area contributed by atoms with Crippen LogP contribution in [0.25, 0.3) is 0 Å². The van der Waals surface area contributed by atoms with E-state index in [-0.39, 0.29) is 5.54 Å². The molecule has 2 aliphatic rings. The number of para-hydroxylation sites is 1. The number of nitriles is 1. The van der Waals surface area contributed by atoms with Crippen LogP contribution >= 0.6 is 0 Å². The number of rotatable bonds is 2. The molecule has 0 aromatic heterocycles. The first-order chi connectivity index (χ1) is 10.2. The third-order valence-electron chi connectivity index (χ3n) is 5.03. The Morgan fingerprint density at radius 1 is 0.952 bits per heavy atom. The molecule has 0 bridgehead atoms. The van der Waals surface area contributed by atoms with E-state index in [0.29, 0.717) is 0 Å². The zero-order chi connectivity index (χ0) is 14.7. The molecule has 3 rings (SSSR count). The van der Waals surface area contributed by atoms with E-state index in [9.17, 15) is 5.26 Å². The van der Waals surface area contributed by atoms with Crippen molar-refractivity contribution in [3.8, 4) is 6.07 Å². The molecule has 0 saturated carbocycles. The first kappa shape index (κ1) is 14.4. The molecule has 2 aliphatic heterocycles. The third-order valence-corrected chi connectivity index (χ3v) is 5.03.